The van der Waals surface area contributed by atoms with Crippen molar-refractivity contribution in [3.05, 3.63) is 44.4 Å². The molecule has 0 bridgehead atoms. The summed E-state index contributed by atoms with van der Waals surface area (Å²) in [5.74, 6) is 0.158. The van der Waals surface area contributed by atoms with Gasteiger partial charge in [0.1, 0.15) is 22.4 Å². The highest BCUT2D eigenvalue weighted by Crippen LogP contribution is 2.32. The zero-order valence-corrected chi connectivity index (χ0v) is 10.9. The number of carbonyl (C=O) groups is 1. The number of nitrogens with zero attached hydrogens (tertiary/aromatic N) is 2. The van der Waals surface area contributed by atoms with Crippen LogP contribution in [0, 0.1) is 0 Å². The lowest BCUT2D eigenvalue weighted by Crippen LogP contribution is -2.05. The van der Waals surface area contributed by atoms with Gasteiger partial charge in [-0.05, 0) is 15.9 Å². The van der Waals surface area contributed by atoms with E-state index < -0.39 is 0 Å². The van der Waals surface area contributed by atoms with Gasteiger partial charge in [-0.25, -0.2) is 9.97 Å². The predicted molar refractivity (Wildman–Crippen MR) is 65.8 cm³/mol. The monoisotopic (exact) mass is 318 g/mol. The molecule has 1 aliphatic carbocycles. The largest absolute Gasteiger partial charge is 0.298 e. The fourth-order valence-electron chi connectivity index (χ4n) is 1.39. The molecule has 0 aliphatic heterocycles. The van der Waals surface area contributed by atoms with Crippen LogP contribution in [0.3, 0.4) is 0 Å². The summed E-state index contributed by atoms with van der Waals surface area (Å²) < 4.78 is 0.457. The molecule has 0 radical (unpaired) electrons. The summed E-state index contributed by atoms with van der Waals surface area (Å²) in [5, 5.41) is 0.473. The van der Waals surface area contributed by atoms with Crippen LogP contribution in [0.25, 0.3) is 0 Å². The van der Waals surface area contributed by atoms with Crippen LogP contribution >= 0.6 is 39.1 Å². The van der Waals surface area contributed by atoms with Crippen molar-refractivity contribution < 1.29 is 4.79 Å². The molecule has 0 aromatic carbocycles. The van der Waals surface area contributed by atoms with Gasteiger partial charge in [0.2, 0.25) is 0 Å². The summed E-state index contributed by atoms with van der Waals surface area (Å²) in [4.78, 5) is 19.0. The molecule has 0 spiro atoms. The van der Waals surface area contributed by atoms with Gasteiger partial charge in [0.05, 0.1) is 10.4 Å². The number of halogens is 3. The summed E-state index contributed by atoms with van der Waals surface area (Å²) in [7, 11) is 0. The number of rotatable bonds is 2. The molecule has 16 heavy (non-hydrogen) atoms. The van der Waals surface area contributed by atoms with Crippen molar-refractivity contribution in [2.24, 2.45) is 0 Å². The van der Waals surface area contributed by atoms with Gasteiger partial charge in [-0.1, -0.05) is 41.4 Å². The predicted octanol–water partition coefficient (Wildman–Crippen LogP) is 3.32. The van der Waals surface area contributed by atoms with Gasteiger partial charge in [0.25, 0.3) is 0 Å². The van der Waals surface area contributed by atoms with E-state index in [-0.39, 0.29) is 16.2 Å². The first kappa shape index (κ1) is 11.8. The Morgan fingerprint density at radius 3 is 2.50 bits per heavy atom. The van der Waals surface area contributed by atoms with Crippen molar-refractivity contribution in [2.75, 3.05) is 0 Å². The Hall–Kier alpha value is -0.710. The van der Waals surface area contributed by atoms with E-state index in [0.29, 0.717) is 15.9 Å². The Morgan fingerprint density at radius 1 is 1.31 bits per heavy atom. The van der Waals surface area contributed by atoms with Gasteiger partial charge in [-0.2, -0.15) is 0 Å². The molecule has 0 fully saturated rings. The molecule has 1 aromatic heterocycles. The highest BCUT2D eigenvalue weighted by Gasteiger charge is 2.21. The van der Waals surface area contributed by atoms with Gasteiger partial charge in [0.15, 0.2) is 0 Å². The molecule has 0 amide bonds. The van der Waals surface area contributed by atoms with Gasteiger partial charge in [0, 0.05) is 5.57 Å². The first-order chi connectivity index (χ1) is 7.63. The van der Waals surface area contributed by atoms with E-state index in [2.05, 4.69) is 25.9 Å². The number of hydrogen-bond acceptors (Lipinski definition) is 3. The minimum atomic E-state index is -0.263. The molecule has 1 atom stereocenters. The van der Waals surface area contributed by atoms with Crippen molar-refractivity contribution in [3.63, 3.8) is 0 Å². The Bertz CT molecular complexity index is 491. The lowest BCUT2D eigenvalue weighted by atomic mass is 10.0. The second-order valence-electron chi connectivity index (χ2n) is 3.12. The van der Waals surface area contributed by atoms with Crippen LogP contribution in [0.2, 0.25) is 10.3 Å². The molecule has 1 heterocycles. The van der Waals surface area contributed by atoms with Crippen molar-refractivity contribution >= 4 is 45.4 Å². The molecule has 82 valence electrons. The van der Waals surface area contributed by atoms with Crippen molar-refractivity contribution in [1.29, 1.82) is 0 Å². The molecule has 0 saturated heterocycles. The zero-order chi connectivity index (χ0) is 11.7. The normalized spacial score (nSPS) is 18.7. The fraction of sp³-hybridized carbons (Fsp3) is 0.100. The minimum absolute atomic E-state index is 0.237. The first-order valence-corrected chi connectivity index (χ1v) is 5.90. The van der Waals surface area contributed by atoms with Crippen LogP contribution < -0.4 is 0 Å². The Labute approximate surface area is 110 Å². The SMILES string of the molecule is O=CC1=CC=C[C@H]1c1nc(Cl)c(Br)c(Cl)n1. The van der Waals surface area contributed by atoms with Crippen LogP contribution in [0.1, 0.15) is 11.7 Å². The van der Waals surface area contributed by atoms with Crippen molar-refractivity contribution in [3.8, 4) is 0 Å². The second kappa shape index (κ2) is 4.65. The maximum atomic E-state index is 10.8. The third kappa shape index (κ3) is 2.05. The minimum Gasteiger partial charge on any atom is -0.298 e. The maximum Gasteiger partial charge on any atom is 0.148 e. The molecule has 3 nitrogen and oxygen atoms in total. The molecular weight excluding hydrogens is 315 g/mol. The van der Waals surface area contributed by atoms with Crippen LogP contribution in [-0.4, -0.2) is 16.3 Å². The highest BCUT2D eigenvalue weighted by atomic mass is 79.9. The van der Waals surface area contributed by atoms with Gasteiger partial charge in [-0.15, -0.1) is 0 Å². The molecule has 1 aromatic rings. The van der Waals surface area contributed by atoms with Gasteiger partial charge < -0.3 is 0 Å². The average Bonchev–Trinajstić information content (AvgIpc) is 2.73. The number of aldehydes is 1. The lowest BCUT2D eigenvalue weighted by Gasteiger charge is -2.09. The molecule has 0 N–H and O–H groups in total. The molecule has 0 unspecified atom stereocenters. The number of carbonyl (C=O) groups excluding carboxylic acids is 1. The fourth-order valence-corrected chi connectivity index (χ4v) is 1.97. The van der Waals surface area contributed by atoms with E-state index in [4.69, 9.17) is 23.2 Å². The molecule has 1 aliphatic rings. The van der Waals surface area contributed by atoms with Crippen molar-refractivity contribution in [2.45, 2.75) is 5.92 Å². The number of aromatic nitrogens is 2. The van der Waals surface area contributed by atoms with E-state index in [1.54, 1.807) is 12.2 Å². The number of hydrogen-bond donors (Lipinski definition) is 0. The Balaban J connectivity index is 2.46. The lowest BCUT2D eigenvalue weighted by molar-refractivity contribution is -0.105. The standard InChI is InChI=1S/C10H5BrCl2N2O/c11-7-8(12)14-10(15-9(7)13)6-3-1-2-5(6)4-16/h1-4,6H/t6-/m1/s1. The Morgan fingerprint density at radius 2 is 1.94 bits per heavy atom. The maximum absolute atomic E-state index is 10.8. The third-order valence-electron chi connectivity index (χ3n) is 2.15. The van der Waals surface area contributed by atoms with Crippen LogP contribution in [0.15, 0.2) is 28.3 Å². The molecular formula is C10H5BrCl2N2O. The van der Waals surface area contributed by atoms with Crippen molar-refractivity contribution in [1.82, 2.24) is 9.97 Å². The third-order valence-corrected chi connectivity index (χ3v) is 3.91. The second-order valence-corrected chi connectivity index (χ2v) is 4.63. The van der Waals surface area contributed by atoms with E-state index in [9.17, 15) is 4.79 Å². The van der Waals surface area contributed by atoms with E-state index in [1.165, 1.54) is 0 Å². The quantitative estimate of drug-likeness (QED) is 0.620. The first-order valence-electron chi connectivity index (χ1n) is 4.35. The molecule has 2 rings (SSSR count). The van der Waals surface area contributed by atoms with E-state index in [0.717, 1.165) is 6.29 Å². The van der Waals surface area contributed by atoms with Gasteiger partial charge >= 0.3 is 0 Å². The topological polar surface area (TPSA) is 42.9 Å². The highest BCUT2D eigenvalue weighted by molar-refractivity contribution is 9.10. The van der Waals surface area contributed by atoms with E-state index >= 15 is 0 Å². The average molecular weight is 320 g/mol. The summed E-state index contributed by atoms with van der Waals surface area (Å²) in [6, 6.07) is 0. The van der Waals surface area contributed by atoms with Crippen LogP contribution in [0.4, 0.5) is 0 Å². The van der Waals surface area contributed by atoms with Crippen LogP contribution in [-0.2, 0) is 4.79 Å². The summed E-state index contributed by atoms with van der Waals surface area (Å²) in [6.45, 7) is 0. The van der Waals surface area contributed by atoms with E-state index in [1.807, 2.05) is 6.08 Å². The smallest absolute Gasteiger partial charge is 0.148 e. The Kier molecular flexibility index (Phi) is 3.42. The number of allylic oxidation sites excluding steroid dienone is 4. The molecule has 6 heteroatoms. The zero-order valence-electron chi connectivity index (χ0n) is 7.82. The summed E-state index contributed by atoms with van der Waals surface area (Å²) in [6.07, 6.45) is 6.09. The van der Waals surface area contributed by atoms with Crippen LogP contribution in [0.5, 0.6) is 0 Å². The summed E-state index contributed by atoms with van der Waals surface area (Å²) in [5.41, 5.74) is 0.592. The summed E-state index contributed by atoms with van der Waals surface area (Å²) >= 11 is 14.9. The molecule has 0 saturated carbocycles. The van der Waals surface area contributed by atoms with Gasteiger partial charge in [-0.3, -0.25) is 4.79 Å².